The van der Waals surface area contributed by atoms with E-state index in [1.54, 1.807) is 12.4 Å². The molecule has 2 aromatic rings. The zero-order valence-corrected chi connectivity index (χ0v) is 15.4. The van der Waals surface area contributed by atoms with E-state index in [0.29, 0.717) is 11.6 Å². The number of rotatable bonds is 9. The van der Waals surface area contributed by atoms with Gasteiger partial charge in [0.15, 0.2) is 5.75 Å². The summed E-state index contributed by atoms with van der Waals surface area (Å²) in [4.78, 5) is 8.51. The monoisotopic (exact) mass is 336 g/mol. The van der Waals surface area contributed by atoms with E-state index in [9.17, 15) is 0 Å². The van der Waals surface area contributed by atoms with Crippen LogP contribution in [0.15, 0.2) is 36.7 Å². The van der Waals surface area contributed by atoms with Gasteiger partial charge in [-0.25, -0.2) is 9.97 Å². The van der Waals surface area contributed by atoms with E-state index in [4.69, 9.17) is 4.74 Å². The first-order valence-electron chi connectivity index (χ1n) is 9.37. The van der Waals surface area contributed by atoms with Crippen LogP contribution in [0.2, 0.25) is 0 Å². The Morgan fingerprint density at radius 1 is 0.840 bits per heavy atom. The highest BCUT2D eigenvalue weighted by molar-refractivity contribution is 5.39. The van der Waals surface area contributed by atoms with Gasteiger partial charge in [-0.05, 0) is 42.9 Å². The average Bonchev–Trinajstić information content (AvgIpc) is 2.66. The van der Waals surface area contributed by atoms with Gasteiger partial charge in [0, 0.05) is 5.56 Å². The molecule has 0 aliphatic carbocycles. The molecule has 0 amide bonds. The zero-order chi connectivity index (χ0) is 17.7. The van der Waals surface area contributed by atoms with Crippen molar-refractivity contribution in [2.45, 2.75) is 58.8 Å². The molecular weight excluding hydrogens is 308 g/mol. The molecule has 1 heterocycles. The first kappa shape index (κ1) is 19.0. The van der Waals surface area contributed by atoms with E-state index >= 15 is 0 Å². The molecule has 0 saturated carbocycles. The highest BCUT2D eigenvalue weighted by Gasteiger charge is 1.97. The number of ether oxygens (including phenoxy) is 1. The molecule has 0 N–H and O–H groups in total. The maximum atomic E-state index is 5.64. The zero-order valence-electron chi connectivity index (χ0n) is 15.4. The van der Waals surface area contributed by atoms with Crippen molar-refractivity contribution in [3.63, 3.8) is 0 Å². The molecule has 25 heavy (non-hydrogen) atoms. The van der Waals surface area contributed by atoms with E-state index in [1.807, 2.05) is 0 Å². The van der Waals surface area contributed by atoms with Gasteiger partial charge >= 0.3 is 0 Å². The summed E-state index contributed by atoms with van der Waals surface area (Å²) in [6.45, 7) is 5.14. The van der Waals surface area contributed by atoms with Crippen LogP contribution in [-0.2, 0) is 6.42 Å². The summed E-state index contributed by atoms with van der Waals surface area (Å²) in [6.07, 6.45) is 11.7. The van der Waals surface area contributed by atoms with Crippen LogP contribution in [-0.4, -0.2) is 16.6 Å². The smallest absolute Gasteiger partial charge is 0.205 e. The lowest BCUT2D eigenvalue weighted by Gasteiger charge is -2.04. The van der Waals surface area contributed by atoms with Crippen molar-refractivity contribution in [1.82, 2.24) is 9.97 Å². The Bertz CT molecular complexity index is 666. The predicted molar refractivity (Wildman–Crippen MR) is 103 cm³/mol. The number of benzene rings is 1. The summed E-state index contributed by atoms with van der Waals surface area (Å²) in [7, 11) is 0. The second-order valence-corrected chi connectivity index (χ2v) is 6.20. The number of aryl methyl sites for hydroxylation is 1. The molecule has 132 valence electrons. The molecule has 0 aliphatic heterocycles. The Kier molecular flexibility index (Phi) is 8.55. The van der Waals surface area contributed by atoms with Gasteiger partial charge in [-0.15, -0.1) is 0 Å². The van der Waals surface area contributed by atoms with Crippen molar-refractivity contribution >= 4 is 0 Å². The Labute approximate surface area is 151 Å². The van der Waals surface area contributed by atoms with Crippen LogP contribution in [0.1, 0.15) is 69.3 Å². The summed E-state index contributed by atoms with van der Waals surface area (Å²) < 4.78 is 5.64. The van der Waals surface area contributed by atoms with E-state index in [2.05, 4.69) is 59.9 Å². The molecule has 2 rings (SSSR count). The minimum absolute atomic E-state index is 0.522. The molecule has 0 radical (unpaired) electrons. The van der Waals surface area contributed by atoms with Crippen LogP contribution in [0.4, 0.5) is 0 Å². The van der Waals surface area contributed by atoms with Crippen molar-refractivity contribution in [2.75, 3.05) is 6.61 Å². The molecule has 0 aliphatic rings. The minimum Gasteiger partial charge on any atom is -0.490 e. The van der Waals surface area contributed by atoms with E-state index in [0.717, 1.165) is 25.0 Å². The SMILES string of the molecule is CCCCCCOc1cnc(C#Cc2ccc(CCCC)cc2)nc1. The van der Waals surface area contributed by atoms with Crippen molar-refractivity contribution < 1.29 is 4.74 Å². The van der Waals surface area contributed by atoms with Gasteiger partial charge in [-0.1, -0.05) is 57.6 Å². The first-order chi connectivity index (χ1) is 12.3. The van der Waals surface area contributed by atoms with Crippen molar-refractivity contribution in [3.05, 3.63) is 53.6 Å². The molecule has 0 atom stereocenters. The fraction of sp³-hybridized carbons (Fsp3) is 0.455. The lowest BCUT2D eigenvalue weighted by atomic mass is 10.1. The minimum atomic E-state index is 0.522. The number of unbranched alkanes of at least 4 members (excludes halogenated alkanes) is 4. The van der Waals surface area contributed by atoms with Crippen LogP contribution in [0, 0.1) is 11.8 Å². The van der Waals surface area contributed by atoms with Gasteiger partial charge in [0.25, 0.3) is 0 Å². The van der Waals surface area contributed by atoms with E-state index in [-0.39, 0.29) is 0 Å². The van der Waals surface area contributed by atoms with Crippen molar-refractivity contribution in [2.24, 2.45) is 0 Å². The van der Waals surface area contributed by atoms with Crippen LogP contribution < -0.4 is 4.74 Å². The normalized spacial score (nSPS) is 10.2. The molecule has 1 aromatic carbocycles. The Morgan fingerprint density at radius 2 is 1.56 bits per heavy atom. The highest BCUT2D eigenvalue weighted by atomic mass is 16.5. The summed E-state index contributed by atoms with van der Waals surface area (Å²) >= 11 is 0. The second kappa shape index (κ2) is 11.3. The fourth-order valence-electron chi connectivity index (χ4n) is 2.44. The van der Waals surface area contributed by atoms with Crippen molar-refractivity contribution in [1.29, 1.82) is 0 Å². The Balaban J connectivity index is 1.83. The molecule has 0 fully saturated rings. The third-order valence-corrected chi connectivity index (χ3v) is 3.99. The number of hydrogen-bond donors (Lipinski definition) is 0. The summed E-state index contributed by atoms with van der Waals surface area (Å²) in [5.74, 6) is 7.35. The predicted octanol–water partition coefficient (Wildman–Crippen LogP) is 5.18. The molecular formula is C22H28N2O. The summed E-state index contributed by atoms with van der Waals surface area (Å²) in [5.41, 5.74) is 2.35. The van der Waals surface area contributed by atoms with E-state index in [1.165, 1.54) is 37.7 Å². The quantitative estimate of drug-likeness (QED) is 0.467. The fourth-order valence-corrected chi connectivity index (χ4v) is 2.44. The molecule has 0 spiro atoms. The number of aromatic nitrogens is 2. The Hall–Kier alpha value is -2.34. The molecule has 3 nitrogen and oxygen atoms in total. The molecule has 0 unspecified atom stereocenters. The van der Waals surface area contributed by atoms with Gasteiger partial charge in [0.2, 0.25) is 5.82 Å². The lowest BCUT2D eigenvalue weighted by molar-refractivity contribution is 0.302. The largest absolute Gasteiger partial charge is 0.490 e. The molecule has 3 heteroatoms. The number of nitrogens with zero attached hydrogens (tertiary/aromatic N) is 2. The Morgan fingerprint density at radius 3 is 2.24 bits per heavy atom. The second-order valence-electron chi connectivity index (χ2n) is 6.20. The molecule has 1 aromatic heterocycles. The number of hydrogen-bond acceptors (Lipinski definition) is 3. The molecule has 0 bridgehead atoms. The third-order valence-electron chi connectivity index (χ3n) is 3.99. The first-order valence-corrected chi connectivity index (χ1v) is 9.37. The van der Waals surface area contributed by atoms with Crippen molar-refractivity contribution in [3.8, 4) is 17.6 Å². The lowest BCUT2D eigenvalue weighted by Crippen LogP contribution is -1.99. The summed E-state index contributed by atoms with van der Waals surface area (Å²) in [6, 6.07) is 8.42. The van der Waals surface area contributed by atoms with Crippen LogP contribution >= 0.6 is 0 Å². The highest BCUT2D eigenvalue weighted by Crippen LogP contribution is 2.09. The van der Waals surface area contributed by atoms with Crippen LogP contribution in [0.5, 0.6) is 5.75 Å². The van der Waals surface area contributed by atoms with Crippen LogP contribution in [0.3, 0.4) is 0 Å². The standard InChI is InChI=1S/C22H28N2O/c1-3-5-7-8-16-25-21-17-23-22(24-18-21)15-14-20-12-10-19(11-13-20)9-6-4-2/h10-13,17-18H,3-9,16H2,1-2H3. The topological polar surface area (TPSA) is 35.0 Å². The van der Waals surface area contributed by atoms with Gasteiger partial charge in [-0.3, -0.25) is 0 Å². The van der Waals surface area contributed by atoms with Gasteiger partial charge in [0.1, 0.15) is 0 Å². The van der Waals surface area contributed by atoms with Gasteiger partial charge < -0.3 is 4.74 Å². The third kappa shape index (κ3) is 7.39. The maximum absolute atomic E-state index is 5.64. The molecule has 0 saturated heterocycles. The average molecular weight is 336 g/mol. The van der Waals surface area contributed by atoms with E-state index < -0.39 is 0 Å². The van der Waals surface area contributed by atoms with Crippen LogP contribution in [0.25, 0.3) is 0 Å². The maximum Gasteiger partial charge on any atom is 0.205 e. The van der Waals surface area contributed by atoms with Gasteiger partial charge in [0.05, 0.1) is 19.0 Å². The van der Waals surface area contributed by atoms with Gasteiger partial charge in [-0.2, -0.15) is 0 Å². The summed E-state index contributed by atoms with van der Waals surface area (Å²) in [5, 5.41) is 0.